The topological polar surface area (TPSA) is 26.0 Å². The summed E-state index contributed by atoms with van der Waals surface area (Å²) in [4.78, 5) is 0. The van der Waals surface area contributed by atoms with Crippen molar-refractivity contribution in [1.82, 2.24) is 0 Å². The molecule has 1 atom stereocenters. The molecule has 2 aromatic rings. The van der Waals surface area contributed by atoms with Crippen molar-refractivity contribution in [1.29, 1.82) is 0 Å². The van der Waals surface area contributed by atoms with Crippen LogP contribution in [0.5, 0.6) is 0 Å². The highest BCUT2D eigenvalue weighted by atomic mass is 35.5. The van der Waals surface area contributed by atoms with E-state index in [1.165, 1.54) is 24.3 Å². The van der Waals surface area contributed by atoms with E-state index in [1.807, 2.05) is 0 Å². The molecule has 19 heavy (non-hydrogen) atoms. The molecule has 0 aliphatic heterocycles. The number of hydrogen-bond donors (Lipinski definition) is 1. The first-order valence-electron chi connectivity index (χ1n) is 5.62. The standard InChI is InChI=1S/C14H11Cl2F2N/c15-10-5-8(1-3-12(10)17)6-14(19)9-2-4-13(18)11(16)7-9/h1-5,7,14H,6,19H2. The van der Waals surface area contributed by atoms with Crippen molar-refractivity contribution < 1.29 is 8.78 Å². The lowest BCUT2D eigenvalue weighted by Crippen LogP contribution is -2.13. The highest BCUT2D eigenvalue weighted by Crippen LogP contribution is 2.24. The van der Waals surface area contributed by atoms with Gasteiger partial charge in [0.05, 0.1) is 10.0 Å². The Morgan fingerprint density at radius 1 is 0.947 bits per heavy atom. The summed E-state index contributed by atoms with van der Waals surface area (Å²) >= 11 is 11.4. The third-order valence-electron chi connectivity index (χ3n) is 2.81. The second kappa shape index (κ2) is 5.87. The Kier molecular flexibility index (Phi) is 4.40. The lowest BCUT2D eigenvalue weighted by molar-refractivity contribution is 0.622. The van der Waals surface area contributed by atoms with E-state index >= 15 is 0 Å². The molecule has 0 heterocycles. The van der Waals surface area contributed by atoms with E-state index in [0.717, 1.165) is 5.56 Å². The second-order valence-corrected chi connectivity index (χ2v) is 5.05. The Balaban J connectivity index is 2.17. The average molecular weight is 302 g/mol. The van der Waals surface area contributed by atoms with Gasteiger partial charge in [-0.2, -0.15) is 0 Å². The lowest BCUT2D eigenvalue weighted by Gasteiger charge is -2.13. The Bertz CT molecular complexity index is 602. The van der Waals surface area contributed by atoms with Crippen LogP contribution in [0.4, 0.5) is 8.78 Å². The SMILES string of the molecule is NC(Cc1ccc(F)c(Cl)c1)c1ccc(F)c(Cl)c1. The molecule has 0 amide bonds. The highest BCUT2D eigenvalue weighted by molar-refractivity contribution is 6.31. The van der Waals surface area contributed by atoms with Crippen molar-refractivity contribution in [3.8, 4) is 0 Å². The molecule has 0 fully saturated rings. The largest absolute Gasteiger partial charge is 0.324 e. The van der Waals surface area contributed by atoms with E-state index in [4.69, 9.17) is 28.9 Å². The van der Waals surface area contributed by atoms with Crippen molar-refractivity contribution in [2.45, 2.75) is 12.5 Å². The minimum absolute atomic E-state index is 0.0325. The molecule has 0 aliphatic carbocycles. The Morgan fingerprint density at radius 3 is 2.11 bits per heavy atom. The highest BCUT2D eigenvalue weighted by Gasteiger charge is 2.11. The van der Waals surface area contributed by atoms with Gasteiger partial charge < -0.3 is 5.73 Å². The number of halogens is 4. The van der Waals surface area contributed by atoms with Crippen LogP contribution in [0.2, 0.25) is 10.0 Å². The van der Waals surface area contributed by atoms with E-state index in [-0.39, 0.29) is 16.1 Å². The molecule has 100 valence electrons. The van der Waals surface area contributed by atoms with Crippen LogP contribution in [0.25, 0.3) is 0 Å². The van der Waals surface area contributed by atoms with Gasteiger partial charge in [0.15, 0.2) is 0 Å². The van der Waals surface area contributed by atoms with Crippen molar-refractivity contribution >= 4 is 23.2 Å². The minimum atomic E-state index is -0.484. The first kappa shape index (κ1) is 14.3. The van der Waals surface area contributed by atoms with Gasteiger partial charge in [0.25, 0.3) is 0 Å². The molecule has 0 bridgehead atoms. The third-order valence-corrected chi connectivity index (χ3v) is 3.39. The molecule has 1 nitrogen and oxygen atoms in total. The zero-order chi connectivity index (χ0) is 14.0. The molecule has 5 heteroatoms. The number of rotatable bonds is 3. The monoisotopic (exact) mass is 301 g/mol. The molecule has 2 N–H and O–H groups in total. The molecule has 0 aromatic heterocycles. The van der Waals surface area contributed by atoms with Crippen molar-refractivity contribution in [2.75, 3.05) is 0 Å². The fraction of sp³-hybridized carbons (Fsp3) is 0.143. The fourth-order valence-corrected chi connectivity index (χ4v) is 2.17. The second-order valence-electron chi connectivity index (χ2n) is 4.23. The molecular weight excluding hydrogens is 291 g/mol. The smallest absolute Gasteiger partial charge is 0.141 e. The van der Waals surface area contributed by atoms with Gasteiger partial charge in [0, 0.05) is 6.04 Å². The summed E-state index contributed by atoms with van der Waals surface area (Å²) in [5, 5.41) is 0.0897. The van der Waals surface area contributed by atoms with Crippen molar-refractivity contribution in [3.63, 3.8) is 0 Å². The van der Waals surface area contributed by atoms with Gasteiger partial charge in [-0.25, -0.2) is 8.78 Å². The average Bonchev–Trinajstić information content (AvgIpc) is 2.37. The van der Waals surface area contributed by atoms with Crippen molar-refractivity contribution in [3.05, 3.63) is 69.2 Å². The van der Waals surface area contributed by atoms with Crippen LogP contribution >= 0.6 is 23.2 Å². The summed E-state index contributed by atoms with van der Waals surface area (Å²) in [5.74, 6) is -0.953. The molecule has 0 spiro atoms. The van der Waals surface area contributed by atoms with Gasteiger partial charge in [0.2, 0.25) is 0 Å². The van der Waals surface area contributed by atoms with E-state index in [9.17, 15) is 8.78 Å². The molecule has 2 rings (SSSR count). The summed E-state index contributed by atoms with van der Waals surface area (Å²) in [7, 11) is 0. The van der Waals surface area contributed by atoms with Crippen LogP contribution in [-0.2, 0) is 6.42 Å². The van der Waals surface area contributed by atoms with Gasteiger partial charge in [-0.15, -0.1) is 0 Å². The zero-order valence-corrected chi connectivity index (χ0v) is 11.3. The lowest BCUT2D eigenvalue weighted by atomic mass is 10.00. The number of benzene rings is 2. The van der Waals surface area contributed by atoms with Crippen LogP contribution in [0.3, 0.4) is 0 Å². The molecule has 0 saturated carbocycles. The van der Waals surface area contributed by atoms with Gasteiger partial charge in [0.1, 0.15) is 11.6 Å². The van der Waals surface area contributed by atoms with Gasteiger partial charge >= 0.3 is 0 Å². The molecule has 0 radical (unpaired) electrons. The number of hydrogen-bond acceptors (Lipinski definition) is 1. The zero-order valence-electron chi connectivity index (χ0n) is 9.84. The third kappa shape index (κ3) is 3.44. The Labute approximate surface area is 119 Å². The Hall–Kier alpha value is -1.16. The Morgan fingerprint density at radius 2 is 1.53 bits per heavy atom. The molecule has 0 saturated heterocycles. The summed E-state index contributed by atoms with van der Waals surface area (Å²) in [6.45, 7) is 0. The summed E-state index contributed by atoms with van der Waals surface area (Å²) in [6, 6.07) is 8.43. The summed E-state index contributed by atoms with van der Waals surface area (Å²) < 4.78 is 26.1. The van der Waals surface area contributed by atoms with E-state index in [1.54, 1.807) is 12.1 Å². The van der Waals surface area contributed by atoms with Crippen LogP contribution < -0.4 is 5.73 Å². The van der Waals surface area contributed by atoms with E-state index < -0.39 is 11.6 Å². The first-order chi connectivity index (χ1) is 8.97. The van der Waals surface area contributed by atoms with Crippen LogP contribution in [0, 0.1) is 11.6 Å². The molecule has 1 unspecified atom stereocenters. The van der Waals surface area contributed by atoms with Crippen LogP contribution in [0.15, 0.2) is 36.4 Å². The predicted octanol–water partition coefficient (Wildman–Crippen LogP) is 4.51. The van der Waals surface area contributed by atoms with Crippen LogP contribution in [-0.4, -0.2) is 0 Å². The molecule has 2 aromatic carbocycles. The maximum atomic E-state index is 13.1. The van der Waals surface area contributed by atoms with Gasteiger partial charge in [-0.1, -0.05) is 35.3 Å². The fourth-order valence-electron chi connectivity index (χ4n) is 1.78. The van der Waals surface area contributed by atoms with E-state index in [0.29, 0.717) is 12.0 Å². The molecular formula is C14H11Cl2F2N. The van der Waals surface area contributed by atoms with Gasteiger partial charge in [-0.3, -0.25) is 0 Å². The maximum absolute atomic E-state index is 13.1. The summed E-state index contributed by atoms with van der Waals surface area (Å²) in [5.41, 5.74) is 7.54. The van der Waals surface area contributed by atoms with E-state index in [2.05, 4.69) is 0 Å². The van der Waals surface area contributed by atoms with Gasteiger partial charge in [-0.05, 0) is 41.8 Å². The first-order valence-corrected chi connectivity index (χ1v) is 6.37. The van der Waals surface area contributed by atoms with Crippen molar-refractivity contribution in [2.24, 2.45) is 5.73 Å². The van der Waals surface area contributed by atoms with Crippen LogP contribution in [0.1, 0.15) is 17.2 Å². The predicted molar refractivity (Wildman–Crippen MR) is 73.5 cm³/mol. The summed E-state index contributed by atoms with van der Waals surface area (Å²) in [6.07, 6.45) is 0.460. The number of nitrogens with two attached hydrogens (primary N) is 1. The maximum Gasteiger partial charge on any atom is 0.141 e. The quantitative estimate of drug-likeness (QED) is 0.886. The molecule has 0 aliphatic rings. The minimum Gasteiger partial charge on any atom is -0.324 e. The normalized spacial score (nSPS) is 12.5.